The Kier molecular flexibility index (Phi) is 6.19. The predicted octanol–water partition coefficient (Wildman–Crippen LogP) is 3.10. The van der Waals surface area contributed by atoms with E-state index in [0.717, 1.165) is 0 Å². The predicted molar refractivity (Wildman–Crippen MR) is 130 cm³/mol. The molecular formula is C22H27FN6O5S. The van der Waals surface area contributed by atoms with Crippen molar-refractivity contribution in [2.24, 2.45) is 4.99 Å². The Morgan fingerprint density at radius 1 is 1.23 bits per heavy atom. The number of nitrogens with one attached hydrogen (secondary N) is 3. The molecule has 5 N–H and O–H groups in total. The largest absolute Gasteiger partial charge is 0.480 e. The molecule has 0 saturated carbocycles. The van der Waals surface area contributed by atoms with Crippen LogP contribution in [0.5, 0.6) is 5.88 Å². The zero-order valence-electron chi connectivity index (χ0n) is 19.6. The average molecular weight is 507 g/mol. The van der Waals surface area contributed by atoms with Crippen molar-refractivity contribution in [2.45, 2.75) is 42.7 Å². The number of aliphatic imine (C=N–C) groups is 1. The van der Waals surface area contributed by atoms with Crippen LogP contribution in [0.4, 0.5) is 14.9 Å². The van der Waals surface area contributed by atoms with Gasteiger partial charge in [0.1, 0.15) is 22.9 Å². The summed E-state index contributed by atoms with van der Waals surface area (Å²) >= 11 is 0. The van der Waals surface area contributed by atoms with Crippen molar-refractivity contribution in [3.63, 3.8) is 0 Å². The summed E-state index contributed by atoms with van der Waals surface area (Å²) in [6, 6.07) is 4.05. The molecule has 2 aliphatic rings. The molecule has 0 aliphatic carbocycles. The molecular weight excluding hydrogens is 479 g/mol. The number of hydrogen-bond acceptors (Lipinski definition) is 8. The number of carbonyl (C=O) groups excluding carboxylic acids is 1. The van der Waals surface area contributed by atoms with Gasteiger partial charge in [0, 0.05) is 17.8 Å². The Bertz CT molecular complexity index is 1210. The highest BCUT2D eigenvalue weighted by molar-refractivity contribution is 8.29. The molecule has 35 heavy (non-hydrogen) atoms. The third-order valence-electron chi connectivity index (χ3n) is 6.52. The van der Waals surface area contributed by atoms with Gasteiger partial charge in [-0.1, -0.05) is 10.5 Å². The average Bonchev–Trinajstić information content (AvgIpc) is 3.23. The lowest BCUT2D eigenvalue weighted by atomic mass is 9.85. The van der Waals surface area contributed by atoms with Gasteiger partial charge < -0.3 is 19.7 Å². The summed E-state index contributed by atoms with van der Waals surface area (Å²) in [6.45, 7) is 5.57. The van der Waals surface area contributed by atoms with Gasteiger partial charge in [0.15, 0.2) is 0 Å². The first kappa shape index (κ1) is 24.8. The number of nitrogens with zero attached hydrogens (tertiary/aromatic N) is 3. The van der Waals surface area contributed by atoms with Gasteiger partial charge in [0.05, 0.1) is 29.5 Å². The standard InChI is InChI=1S/C22H27FN6O5S/c1-21(2)19(28-20(31)32)29-22(3,16-7-8-26-35(16,21)33)13-9-12(5-6-14(13)23)27-18(30)15-10-25-17(34-4)11-24-15/h5-6,9-11,16,26,33H,7-8H2,1-4H3,(H,27,30)(H,28,29)(H,31,32)/t16-,22+/m0/s1. The Morgan fingerprint density at radius 2 is 1.97 bits per heavy atom. The molecule has 1 fully saturated rings. The second-order valence-corrected chi connectivity index (χ2v) is 12.1. The maximum absolute atomic E-state index is 15.3. The fraction of sp³-hybridized carbons (Fsp3) is 0.409. The van der Waals surface area contributed by atoms with E-state index >= 15 is 4.39 Å². The summed E-state index contributed by atoms with van der Waals surface area (Å²) in [5.74, 6) is -0.865. The highest BCUT2D eigenvalue weighted by Crippen LogP contribution is 2.67. The molecule has 0 radical (unpaired) electrons. The van der Waals surface area contributed by atoms with E-state index in [4.69, 9.17) is 4.74 Å². The molecule has 188 valence electrons. The maximum Gasteiger partial charge on any atom is 0.410 e. The molecule has 0 bridgehead atoms. The van der Waals surface area contributed by atoms with Gasteiger partial charge in [-0.05, 0) is 45.4 Å². The first-order valence-electron chi connectivity index (χ1n) is 10.8. The fourth-order valence-electron chi connectivity index (χ4n) is 4.59. The maximum atomic E-state index is 15.3. The van der Waals surface area contributed by atoms with Crippen LogP contribution >= 0.6 is 10.5 Å². The Morgan fingerprint density at radius 3 is 2.60 bits per heavy atom. The van der Waals surface area contributed by atoms with Crippen LogP contribution in [0.25, 0.3) is 0 Å². The molecule has 11 nitrogen and oxygen atoms in total. The first-order chi connectivity index (χ1) is 16.4. The Hall–Kier alpha value is -3.29. The lowest BCUT2D eigenvalue weighted by molar-refractivity contribution is 0.102. The molecule has 1 aromatic heterocycles. The fourth-order valence-corrected chi connectivity index (χ4v) is 7.99. The second-order valence-electron chi connectivity index (χ2n) is 8.94. The molecule has 3 heterocycles. The van der Waals surface area contributed by atoms with Crippen molar-refractivity contribution < 1.29 is 28.4 Å². The van der Waals surface area contributed by atoms with Gasteiger partial charge >= 0.3 is 6.09 Å². The number of aromatic nitrogens is 2. The molecule has 2 amide bonds. The van der Waals surface area contributed by atoms with Crippen LogP contribution in [0.15, 0.2) is 35.6 Å². The third-order valence-corrected chi connectivity index (χ3v) is 10.4. The van der Waals surface area contributed by atoms with E-state index in [9.17, 15) is 19.2 Å². The smallest absolute Gasteiger partial charge is 0.410 e. The van der Waals surface area contributed by atoms with Crippen molar-refractivity contribution in [3.8, 4) is 5.88 Å². The molecule has 3 atom stereocenters. The van der Waals surface area contributed by atoms with Crippen molar-refractivity contribution in [2.75, 3.05) is 19.0 Å². The van der Waals surface area contributed by atoms with E-state index in [1.54, 1.807) is 20.8 Å². The number of rotatable bonds is 4. The van der Waals surface area contributed by atoms with E-state index in [2.05, 4.69) is 30.3 Å². The third kappa shape index (κ3) is 4.09. The zero-order chi connectivity index (χ0) is 25.6. The van der Waals surface area contributed by atoms with Crippen LogP contribution in [-0.4, -0.2) is 61.1 Å². The lowest BCUT2D eigenvalue weighted by Crippen LogP contribution is -2.59. The van der Waals surface area contributed by atoms with E-state index < -0.39 is 43.8 Å². The van der Waals surface area contributed by atoms with Crippen molar-refractivity contribution in [1.82, 2.24) is 20.0 Å². The number of ether oxygens (including phenoxy) is 1. The summed E-state index contributed by atoms with van der Waals surface area (Å²) in [5.41, 5.74) is -0.878. The zero-order valence-corrected chi connectivity index (χ0v) is 20.4. The number of benzene rings is 1. The lowest BCUT2D eigenvalue weighted by Gasteiger charge is -2.56. The van der Waals surface area contributed by atoms with Crippen LogP contribution in [0, 0.1) is 5.82 Å². The molecule has 0 spiro atoms. The normalized spacial score (nSPS) is 28.7. The van der Waals surface area contributed by atoms with E-state index in [1.807, 2.05) is 0 Å². The van der Waals surface area contributed by atoms with Crippen molar-refractivity contribution in [3.05, 3.63) is 47.7 Å². The number of amides is 2. The minimum atomic E-state index is -2.67. The summed E-state index contributed by atoms with van der Waals surface area (Å²) in [5, 5.41) is 13.8. The van der Waals surface area contributed by atoms with Gasteiger partial charge in [-0.25, -0.2) is 19.2 Å². The van der Waals surface area contributed by atoms with Gasteiger partial charge in [-0.3, -0.25) is 19.8 Å². The number of anilines is 1. The number of fused-ring (bicyclic) bond motifs is 1. The van der Waals surface area contributed by atoms with Crippen LogP contribution in [0.1, 0.15) is 43.2 Å². The van der Waals surface area contributed by atoms with Crippen LogP contribution in [-0.2, 0) is 5.54 Å². The molecule has 1 unspecified atom stereocenters. The monoisotopic (exact) mass is 506 g/mol. The number of carbonyl (C=O) groups is 2. The summed E-state index contributed by atoms with van der Waals surface area (Å²) in [7, 11) is -1.24. The van der Waals surface area contributed by atoms with E-state index in [-0.39, 0.29) is 28.7 Å². The van der Waals surface area contributed by atoms with Crippen LogP contribution in [0.3, 0.4) is 0 Å². The van der Waals surface area contributed by atoms with Crippen LogP contribution in [0.2, 0.25) is 0 Å². The molecule has 1 saturated heterocycles. The molecule has 13 heteroatoms. The second kappa shape index (κ2) is 8.73. The van der Waals surface area contributed by atoms with Gasteiger partial charge in [0.25, 0.3) is 5.91 Å². The van der Waals surface area contributed by atoms with Gasteiger partial charge in [-0.15, -0.1) is 0 Å². The molecule has 2 aromatic rings. The Labute approximate surface area is 202 Å². The number of amidine groups is 1. The summed E-state index contributed by atoms with van der Waals surface area (Å²) in [4.78, 5) is 36.8. The summed E-state index contributed by atoms with van der Waals surface area (Å²) in [6.07, 6.45) is 1.73. The molecule has 2 aliphatic heterocycles. The molecule has 1 aromatic carbocycles. The Balaban J connectivity index is 1.75. The number of halogens is 1. The highest BCUT2D eigenvalue weighted by atomic mass is 32.3. The van der Waals surface area contributed by atoms with E-state index in [1.165, 1.54) is 37.7 Å². The SMILES string of the molecule is COc1cnc(C(=O)Nc2ccc(F)c([C@@]3(C)N=C(NC(=O)O)C(C)(C)S4(O)NCC[C@@H]34)c2)cn1. The highest BCUT2D eigenvalue weighted by Gasteiger charge is 2.61. The van der Waals surface area contributed by atoms with Gasteiger partial charge in [0.2, 0.25) is 5.88 Å². The van der Waals surface area contributed by atoms with Crippen LogP contribution < -0.4 is 20.1 Å². The topological polar surface area (TPSA) is 158 Å². The quantitative estimate of drug-likeness (QED) is 0.423. The van der Waals surface area contributed by atoms with Gasteiger partial charge in [-0.2, -0.15) is 0 Å². The van der Waals surface area contributed by atoms with E-state index in [0.29, 0.717) is 13.0 Å². The number of carboxylic acid groups (broad SMARTS) is 1. The summed E-state index contributed by atoms with van der Waals surface area (Å²) < 4.78 is 34.1. The number of methoxy groups -OCH3 is 1. The van der Waals surface area contributed by atoms with Crippen molar-refractivity contribution in [1.29, 1.82) is 0 Å². The van der Waals surface area contributed by atoms with Crippen molar-refractivity contribution >= 4 is 34.0 Å². The minimum Gasteiger partial charge on any atom is -0.480 e. The minimum absolute atomic E-state index is 0.0343. The number of hydrogen-bond donors (Lipinski definition) is 5. The molecule has 4 rings (SSSR count). The first-order valence-corrected chi connectivity index (χ1v) is 12.4.